The lowest BCUT2D eigenvalue weighted by molar-refractivity contribution is 0.1000. The summed E-state index contributed by atoms with van der Waals surface area (Å²) in [5, 5.41) is 0.191. The largest absolute Gasteiger partial charge is 0.396 e. The average molecular weight is 293 g/mol. The number of aromatic nitrogens is 1. The number of carbonyl (C=O) groups is 1. The zero-order valence-corrected chi connectivity index (χ0v) is 11.2. The highest BCUT2D eigenvalue weighted by atomic mass is 32.2. The summed E-state index contributed by atoms with van der Waals surface area (Å²) in [6.45, 7) is 0. The minimum Gasteiger partial charge on any atom is -0.396 e. The third-order valence-electron chi connectivity index (χ3n) is 2.63. The van der Waals surface area contributed by atoms with Gasteiger partial charge in [-0.05, 0) is 30.3 Å². The van der Waals surface area contributed by atoms with Crippen molar-refractivity contribution in [1.82, 2.24) is 4.98 Å². The summed E-state index contributed by atoms with van der Waals surface area (Å²) >= 11 is 0. The summed E-state index contributed by atoms with van der Waals surface area (Å²) in [4.78, 5) is 15.0. The molecular weight excluding hydrogens is 281 g/mol. The number of hydrogen-bond donors (Lipinski definition) is 2. The molecule has 0 aliphatic carbocycles. The molecule has 0 bridgehead atoms. The van der Waals surface area contributed by atoms with Crippen LogP contribution in [-0.2, 0) is 16.6 Å². The predicted molar refractivity (Wildman–Crippen MR) is 73.7 cm³/mol. The molecule has 1 heterocycles. The van der Waals surface area contributed by atoms with E-state index in [4.69, 9.17) is 11.5 Å². The second kappa shape index (κ2) is 5.79. The summed E-state index contributed by atoms with van der Waals surface area (Å²) in [6, 6.07) is 6.86. The van der Waals surface area contributed by atoms with Crippen LogP contribution in [0.2, 0.25) is 0 Å². The molecule has 2 rings (SSSR count). The van der Waals surface area contributed by atoms with Crippen LogP contribution in [0.3, 0.4) is 0 Å². The van der Waals surface area contributed by atoms with Gasteiger partial charge in [-0.2, -0.15) is 0 Å². The SMILES string of the molecule is NC(=O)c1ccc(F)c(CS(=O)c2ncccc2N)c1. The van der Waals surface area contributed by atoms with E-state index in [1.54, 1.807) is 12.1 Å². The fourth-order valence-electron chi connectivity index (χ4n) is 1.64. The van der Waals surface area contributed by atoms with Gasteiger partial charge < -0.3 is 11.5 Å². The number of halogens is 1. The van der Waals surface area contributed by atoms with Gasteiger partial charge in [0.05, 0.1) is 22.2 Å². The summed E-state index contributed by atoms with van der Waals surface area (Å²) in [7, 11) is -1.61. The predicted octanol–water partition coefficient (Wildman–Crippen LogP) is 1.21. The number of nitrogens with two attached hydrogens (primary N) is 2. The number of amides is 1. The van der Waals surface area contributed by atoms with Gasteiger partial charge in [-0.3, -0.25) is 9.00 Å². The lowest BCUT2D eigenvalue weighted by Gasteiger charge is -2.06. The van der Waals surface area contributed by atoms with E-state index < -0.39 is 22.5 Å². The number of anilines is 1. The third-order valence-corrected chi connectivity index (χ3v) is 3.98. The number of rotatable bonds is 4. The topological polar surface area (TPSA) is 99.1 Å². The van der Waals surface area contributed by atoms with E-state index in [9.17, 15) is 13.4 Å². The first-order chi connectivity index (χ1) is 9.49. The molecule has 0 spiro atoms. The average Bonchev–Trinajstić information content (AvgIpc) is 2.41. The van der Waals surface area contributed by atoms with Gasteiger partial charge in [0.2, 0.25) is 5.91 Å². The Morgan fingerprint density at radius 1 is 1.35 bits per heavy atom. The maximum Gasteiger partial charge on any atom is 0.248 e. The summed E-state index contributed by atoms with van der Waals surface area (Å²) in [5.74, 6) is -1.36. The van der Waals surface area contributed by atoms with Gasteiger partial charge in [0.15, 0.2) is 0 Å². The molecule has 1 atom stereocenters. The van der Waals surface area contributed by atoms with E-state index in [1.165, 1.54) is 18.3 Å². The standard InChI is InChI=1S/C13H12FN3O2S/c14-10-4-3-8(12(16)18)6-9(10)7-20(19)13-11(15)2-1-5-17-13/h1-6H,7,15H2,(H2,16,18). The Kier molecular flexibility index (Phi) is 4.09. The van der Waals surface area contributed by atoms with Crippen molar-refractivity contribution in [1.29, 1.82) is 0 Å². The lowest BCUT2D eigenvalue weighted by Crippen LogP contribution is -2.12. The van der Waals surface area contributed by atoms with Gasteiger partial charge in [-0.25, -0.2) is 9.37 Å². The molecule has 2 aromatic rings. The molecule has 1 unspecified atom stereocenters. The number of nitrogens with zero attached hydrogens (tertiary/aromatic N) is 1. The Hall–Kier alpha value is -2.28. The van der Waals surface area contributed by atoms with Gasteiger partial charge in [-0.15, -0.1) is 0 Å². The summed E-state index contributed by atoms with van der Waals surface area (Å²) < 4.78 is 25.8. The van der Waals surface area contributed by atoms with E-state index in [1.807, 2.05) is 0 Å². The van der Waals surface area contributed by atoms with Crippen LogP contribution in [0.25, 0.3) is 0 Å². The first-order valence-electron chi connectivity index (χ1n) is 5.66. The minimum absolute atomic E-state index is 0.129. The second-order valence-electron chi connectivity index (χ2n) is 4.06. The zero-order chi connectivity index (χ0) is 14.7. The smallest absolute Gasteiger partial charge is 0.248 e. The van der Waals surface area contributed by atoms with Crippen LogP contribution in [-0.4, -0.2) is 15.1 Å². The van der Waals surface area contributed by atoms with Gasteiger partial charge in [0.1, 0.15) is 10.8 Å². The van der Waals surface area contributed by atoms with E-state index in [0.717, 1.165) is 6.07 Å². The van der Waals surface area contributed by atoms with Crippen LogP contribution in [0.15, 0.2) is 41.6 Å². The van der Waals surface area contributed by atoms with Gasteiger partial charge in [-0.1, -0.05) is 0 Å². The Morgan fingerprint density at radius 3 is 2.75 bits per heavy atom. The molecule has 1 aromatic heterocycles. The fourth-order valence-corrected chi connectivity index (χ4v) is 2.79. The highest BCUT2D eigenvalue weighted by molar-refractivity contribution is 7.84. The number of carbonyl (C=O) groups excluding carboxylic acids is 1. The number of benzene rings is 1. The molecule has 0 radical (unpaired) electrons. The lowest BCUT2D eigenvalue weighted by atomic mass is 10.1. The van der Waals surface area contributed by atoms with Crippen molar-refractivity contribution < 1.29 is 13.4 Å². The van der Waals surface area contributed by atoms with Crippen LogP contribution in [0.1, 0.15) is 15.9 Å². The van der Waals surface area contributed by atoms with Crippen molar-refractivity contribution in [2.24, 2.45) is 5.73 Å². The summed E-state index contributed by atoms with van der Waals surface area (Å²) in [6.07, 6.45) is 1.46. The van der Waals surface area contributed by atoms with Crippen molar-refractivity contribution in [3.05, 3.63) is 53.5 Å². The number of hydrogen-bond acceptors (Lipinski definition) is 4. The monoisotopic (exact) mass is 293 g/mol. The Bertz CT molecular complexity index is 691. The highest BCUT2D eigenvalue weighted by Gasteiger charge is 2.14. The van der Waals surface area contributed by atoms with Gasteiger partial charge in [0.25, 0.3) is 0 Å². The van der Waals surface area contributed by atoms with E-state index in [-0.39, 0.29) is 27.6 Å². The van der Waals surface area contributed by atoms with Crippen LogP contribution in [0.4, 0.5) is 10.1 Å². The molecule has 1 aromatic carbocycles. The van der Waals surface area contributed by atoms with Gasteiger partial charge >= 0.3 is 0 Å². The van der Waals surface area contributed by atoms with E-state index >= 15 is 0 Å². The van der Waals surface area contributed by atoms with Crippen molar-refractivity contribution in [3.63, 3.8) is 0 Å². The quantitative estimate of drug-likeness (QED) is 0.885. The van der Waals surface area contributed by atoms with Crippen molar-refractivity contribution in [2.75, 3.05) is 5.73 Å². The Balaban J connectivity index is 2.30. The molecule has 5 nitrogen and oxygen atoms in total. The van der Waals surface area contributed by atoms with Crippen LogP contribution in [0.5, 0.6) is 0 Å². The minimum atomic E-state index is -1.61. The highest BCUT2D eigenvalue weighted by Crippen LogP contribution is 2.18. The van der Waals surface area contributed by atoms with Crippen LogP contribution in [0, 0.1) is 5.82 Å². The molecular formula is C13H12FN3O2S. The number of pyridine rings is 1. The molecule has 1 amide bonds. The van der Waals surface area contributed by atoms with Crippen LogP contribution >= 0.6 is 0 Å². The van der Waals surface area contributed by atoms with E-state index in [0.29, 0.717) is 0 Å². The molecule has 104 valence electrons. The number of nitrogen functional groups attached to an aromatic ring is 1. The van der Waals surface area contributed by atoms with Crippen molar-refractivity contribution in [2.45, 2.75) is 10.8 Å². The molecule has 0 fully saturated rings. The van der Waals surface area contributed by atoms with Crippen LogP contribution < -0.4 is 11.5 Å². The molecule has 4 N–H and O–H groups in total. The molecule has 0 saturated carbocycles. The Morgan fingerprint density at radius 2 is 2.10 bits per heavy atom. The second-order valence-corrected chi connectivity index (χ2v) is 5.42. The van der Waals surface area contributed by atoms with E-state index in [2.05, 4.69) is 4.98 Å². The molecule has 0 saturated heterocycles. The fraction of sp³-hybridized carbons (Fsp3) is 0.0769. The molecule has 20 heavy (non-hydrogen) atoms. The Labute approximate surface area is 117 Å². The summed E-state index contributed by atoms with van der Waals surface area (Å²) in [5.41, 5.74) is 11.4. The molecule has 0 aliphatic heterocycles. The normalized spacial score (nSPS) is 12.1. The number of primary amides is 1. The zero-order valence-electron chi connectivity index (χ0n) is 10.4. The van der Waals surface area contributed by atoms with Crippen molar-refractivity contribution >= 4 is 22.4 Å². The maximum atomic E-state index is 13.7. The first-order valence-corrected chi connectivity index (χ1v) is 6.98. The molecule has 7 heteroatoms. The third kappa shape index (κ3) is 3.00. The first kappa shape index (κ1) is 14.1. The molecule has 0 aliphatic rings. The van der Waals surface area contributed by atoms with Gasteiger partial charge in [0, 0.05) is 17.3 Å². The maximum absolute atomic E-state index is 13.7. The van der Waals surface area contributed by atoms with Crippen molar-refractivity contribution in [3.8, 4) is 0 Å².